The minimum atomic E-state index is 0.307. The molecule has 15 heavy (non-hydrogen) atoms. The lowest BCUT2D eigenvalue weighted by Crippen LogP contribution is -2.24. The third-order valence-corrected chi connectivity index (χ3v) is 3.86. The fraction of sp³-hybridized carbons (Fsp3) is 0.786. The van der Waals surface area contributed by atoms with Crippen molar-refractivity contribution >= 4 is 5.78 Å². The number of hydrogen-bond acceptors (Lipinski definition) is 1. The summed E-state index contributed by atoms with van der Waals surface area (Å²) in [7, 11) is 0. The lowest BCUT2D eigenvalue weighted by Gasteiger charge is -2.34. The molecule has 0 N–H and O–H groups in total. The van der Waals surface area contributed by atoms with Crippen molar-refractivity contribution in [3.8, 4) is 0 Å². The molecular formula is C14H24O. The van der Waals surface area contributed by atoms with E-state index < -0.39 is 0 Å². The van der Waals surface area contributed by atoms with E-state index >= 15 is 0 Å². The van der Waals surface area contributed by atoms with Gasteiger partial charge in [0.15, 0.2) is 5.78 Å². The SMILES string of the molecule is CCCCCC1=CC(=O)CCC1(C)CC. The van der Waals surface area contributed by atoms with Crippen molar-refractivity contribution in [2.75, 3.05) is 0 Å². The van der Waals surface area contributed by atoms with E-state index in [0.717, 1.165) is 25.7 Å². The summed E-state index contributed by atoms with van der Waals surface area (Å²) in [6.45, 7) is 6.78. The summed E-state index contributed by atoms with van der Waals surface area (Å²) < 4.78 is 0. The van der Waals surface area contributed by atoms with Crippen molar-refractivity contribution in [3.63, 3.8) is 0 Å². The molecule has 1 aliphatic carbocycles. The van der Waals surface area contributed by atoms with Gasteiger partial charge in [-0.1, -0.05) is 39.2 Å². The maximum absolute atomic E-state index is 11.4. The fourth-order valence-corrected chi connectivity index (χ4v) is 2.34. The van der Waals surface area contributed by atoms with Crippen LogP contribution in [0.1, 0.15) is 65.7 Å². The second-order valence-electron chi connectivity index (χ2n) is 5.01. The van der Waals surface area contributed by atoms with Crippen LogP contribution < -0.4 is 0 Å². The Hall–Kier alpha value is -0.590. The van der Waals surface area contributed by atoms with E-state index in [9.17, 15) is 4.79 Å². The van der Waals surface area contributed by atoms with E-state index in [1.165, 1.54) is 24.8 Å². The number of allylic oxidation sites excluding steroid dienone is 2. The second kappa shape index (κ2) is 5.48. The van der Waals surface area contributed by atoms with E-state index in [4.69, 9.17) is 0 Å². The van der Waals surface area contributed by atoms with Crippen LogP contribution >= 0.6 is 0 Å². The van der Waals surface area contributed by atoms with Crippen molar-refractivity contribution < 1.29 is 4.79 Å². The second-order valence-corrected chi connectivity index (χ2v) is 5.01. The van der Waals surface area contributed by atoms with E-state index in [1.54, 1.807) is 0 Å². The summed E-state index contributed by atoms with van der Waals surface area (Å²) in [5.41, 5.74) is 1.72. The third-order valence-electron chi connectivity index (χ3n) is 3.86. The molecule has 1 nitrogen and oxygen atoms in total. The Morgan fingerprint density at radius 1 is 1.33 bits per heavy atom. The zero-order chi connectivity index (χ0) is 11.3. The standard InChI is InChI=1S/C14H24O/c1-4-6-7-8-12-11-13(15)9-10-14(12,3)5-2/h11H,4-10H2,1-3H3. The molecule has 0 bridgehead atoms. The average Bonchev–Trinajstić information content (AvgIpc) is 2.24. The molecule has 1 rings (SSSR count). The Morgan fingerprint density at radius 2 is 2.07 bits per heavy atom. The molecule has 0 saturated carbocycles. The maximum Gasteiger partial charge on any atom is 0.155 e. The Bertz CT molecular complexity index is 252. The molecule has 1 unspecified atom stereocenters. The topological polar surface area (TPSA) is 17.1 Å². The molecule has 0 aromatic rings. The van der Waals surface area contributed by atoms with E-state index in [1.807, 2.05) is 6.08 Å². The van der Waals surface area contributed by atoms with Crippen LogP contribution in [0.3, 0.4) is 0 Å². The van der Waals surface area contributed by atoms with E-state index in [-0.39, 0.29) is 0 Å². The van der Waals surface area contributed by atoms with E-state index in [2.05, 4.69) is 20.8 Å². The highest BCUT2D eigenvalue weighted by Crippen LogP contribution is 2.41. The largest absolute Gasteiger partial charge is 0.295 e. The van der Waals surface area contributed by atoms with Crippen LogP contribution in [0.5, 0.6) is 0 Å². The Balaban J connectivity index is 2.65. The van der Waals surface area contributed by atoms with Crippen LogP contribution in [0.4, 0.5) is 0 Å². The van der Waals surface area contributed by atoms with Gasteiger partial charge in [-0.15, -0.1) is 0 Å². The molecule has 1 heteroatoms. The normalized spacial score (nSPS) is 26.6. The minimum Gasteiger partial charge on any atom is -0.295 e. The van der Waals surface area contributed by atoms with Crippen molar-refractivity contribution in [2.45, 2.75) is 65.7 Å². The molecule has 0 fully saturated rings. The molecule has 0 heterocycles. The highest BCUT2D eigenvalue weighted by atomic mass is 16.1. The van der Waals surface area contributed by atoms with Gasteiger partial charge in [-0.05, 0) is 37.2 Å². The van der Waals surface area contributed by atoms with Gasteiger partial charge in [-0.3, -0.25) is 4.79 Å². The monoisotopic (exact) mass is 208 g/mol. The lowest BCUT2D eigenvalue weighted by molar-refractivity contribution is -0.115. The molecule has 0 aliphatic heterocycles. The number of carbonyl (C=O) groups excluding carboxylic acids is 1. The predicted octanol–water partition coefficient (Wildman–Crippen LogP) is 4.27. The first-order chi connectivity index (χ1) is 7.12. The maximum atomic E-state index is 11.4. The van der Waals surface area contributed by atoms with Crippen LogP contribution in [0.15, 0.2) is 11.6 Å². The summed E-state index contributed by atoms with van der Waals surface area (Å²) >= 11 is 0. The van der Waals surface area contributed by atoms with E-state index in [0.29, 0.717) is 11.2 Å². The lowest BCUT2D eigenvalue weighted by atomic mass is 9.70. The number of ketones is 1. The first kappa shape index (κ1) is 12.5. The van der Waals surface area contributed by atoms with Gasteiger partial charge in [0.25, 0.3) is 0 Å². The summed E-state index contributed by atoms with van der Waals surface area (Å²) in [5.74, 6) is 0.340. The zero-order valence-electron chi connectivity index (χ0n) is 10.4. The quantitative estimate of drug-likeness (QED) is 0.616. The predicted molar refractivity (Wildman–Crippen MR) is 64.9 cm³/mol. The summed E-state index contributed by atoms with van der Waals surface area (Å²) in [5, 5.41) is 0. The minimum absolute atomic E-state index is 0.307. The molecule has 0 aromatic heterocycles. The summed E-state index contributed by atoms with van der Waals surface area (Å²) in [4.78, 5) is 11.4. The van der Waals surface area contributed by atoms with Gasteiger partial charge in [0.1, 0.15) is 0 Å². The number of carbonyl (C=O) groups is 1. The molecule has 0 aromatic carbocycles. The van der Waals surface area contributed by atoms with Gasteiger partial charge in [-0.25, -0.2) is 0 Å². The van der Waals surface area contributed by atoms with Crippen LogP contribution in [0.25, 0.3) is 0 Å². The molecule has 86 valence electrons. The van der Waals surface area contributed by atoms with Gasteiger partial charge >= 0.3 is 0 Å². The van der Waals surface area contributed by atoms with Crippen LogP contribution in [0, 0.1) is 5.41 Å². The smallest absolute Gasteiger partial charge is 0.155 e. The van der Waals surface area contributed by atoms with Gasteiger partial charge in [0, 0.05) is 6.42 Å². The molecule has 1 aliphatic rings. The van der Waals surface area contributed by atoms with Crippen molar-refractivity contribution in [2.24, 2.45) is 5.41 Å². The average molecular weight is 208 g/mol. The summed E-state index contributed by atoms with van der Waals surface area (Å²) in [6.07, 6.45) is 9.81. The fourth-order valence-electron chi connectivity index (χ4n) is 2.34. The van der Waals surface area contributed by atoms with Crippen molar-refractivity contribution in [1.82, 2.24) is 0 Å². The van der Waals surface area contributed by atoms with Crippen molar-refractivity contribution in [3.05, 3.63) is 11.6 Å². The first-order valence-electron chi connectivity index (χ1n) is 6.36. The Morgan fingerprint density at radius 3 is 2.67 bits per heavy atom. The molecule has 1 atom stereocenters. The highest BCUT2D eigenvalue weighted by molar-refractivity contribution is 5.91. The molecule has 0 radical (unpaired) electrons. The number of unbranched alkanes of at least 4 members (excludes halogenated alkanes) is 2. The first-order valence-corrected chi connectivity index (χ1v) is 6.36. The highest BCUT2D eigenvalue weighted by Gasteiger charge is 2.30. The third kappa shape index (κ3) is 3.19. The molecule has 0 spiro atoms. The van der Waals surface area contributed by atoms with Gasteiger partial charge in [0.05, 0.1) is 0 Å². The summed E-state index contributed by atoms with van der Waals surface area (Å²) in [6, 6.07) is 0. The zero-order valence-corrected chi connectivity index (χ0v) is 10.4. The van der Waals surface area contributed by atoms with Crippen molar-refractivity contribution in [1.29, 1.82) is 0 Å². The van der Waals surface area contributed by atoms with Crippen LogP contribution in [-0.4, -0.2) is 5.78 Å². The van der Waals surface area contributed by atoms with Gasteiger partial charge in [-0.2, -0.15) is 0 Å². The molecule has 0 amide bonds. The Kier molecular flexibility index (Phi) is 4.56. The van der Waals surface area contributed by atoms with Crippen LogP contribution in [0.2, 0.25) is 0 Å². The van der Waals surface area contributed by atoms with Crippen LogP contribution in [-0.2, 0) is 4.79 Å². The molecular weight excluding hydrogens is 184 g/mol. The molecule has 0 saturated heterocycles. The number of hydrogen-bond donors (Lipinski definition) is 0. The number of rotatable bonds is 5. The van der Waals surface area contributed by atoms with Gasteiger partial charge < -0.3 is 0 Å². The Labute approximate surface area is 93.9 Å². The van der Waals surface area contributed by atoms with Gasteiger partial charge in [0.2, 0.25) is 0 Å².